The molecule has 0 atom stereocenters. The largest absolute Gasteiger partial charge is 0.367 e. The van der Waals surface area contributed by atoms with Gasteiger partial charge in [-0.1, -0.05) is 12.1 Å². The van der Waals surface area contributed by atoms with Gasteiger partial charge in [0.05, 0.1) is 17.6 Å². The summed E-state index contributed by atoms with van der Waals surface area (Å²) >= 11 is 0. The maximum absolute atomic E-state index is 12.7. The van der Waals surface area contributed by atoms with E-state index < -0.39 is 10.0 Å². The van der Waals surface area contributed by atoms with Crippen LogP contribution in [0.25, 0.3) is 11.3 Å². The van der Waals surface area contributed by atoms with Gasteiger partial charge in [-0.25, -0.2) is 8.42 Å². The molecule has 35 heavy (non-hydrogen) atoms. The van der Waals surface area contributed by atoms with Crippen LogP contribution in [0.3, 0.4) is 0 Å². The minimum absolute atomic E-state index is 0.102. The number of piperazine rings is 1. The number of benzene rings is 1. The molecule has 3 aromatic rings. The molecule has 1 fully saturated rings. The summed E-state index contributed by atoms with van der Waals surface area (Å²) in [5.74, 6) is -0.102. The molecule has 3 heterocycles. The Balaban J connectivity index is 1.36. The first-order chi connectivity index (χ1) is 16.7. The number of likely N-dealkylation sites (N-methyl/N-ethyl adjacent to an activating group) is 1. The molecule has 0 saturated carbocycles. The van der Waals surface area contributed by atoms with E-state index in [0.29, 0.717) is 13.1 Å². The lowest BCUT2D eigenvalue weighted by molar-refractivity contribution is -0.114. The quantitative estimate of drug-likeness (QED) is 0.507. The van der Waals surface area contributed by atoms with E-state index in [0.717, 1.165) is 48.8 Å². The van der Waals surface area contributed by atoms with E-state index in [1.54, 1.807) is 20.3 Å². The number of nitrogens with one attached hydrogen (secondary N) is 1. The fourth-order valence-electron chi connectivity index (χ4n) is 4.12. The van der Waals surface area contributed by atoms with Crippen molar-refractivity contribution in [3.05, 3.63) is 55.0 Å². The SMILES string of the molecule is CC(=O)Nc1ccc(-c2ncccc2N2CCN(CCN(C)S(=O)(=O)c3cnn(C)c3)CC2)cc1. The van der Waals surface area contributed by atoms with Crippen LogP contribution in [0.1, 0.15) is 6.92 Å². The van der Waals surface area contributed by atoms with Gasteiger partial charge in [-0.2, -0.15) is 9.40 Å². The average Bonchev–Trinajstić information content (AvgIpc) is 3.30. The Morgan fingerprint density at radius 2 is 1.83 bits per heavy atom. The van der Waals surface area contributed by atoms with Gasteiger partial charge >= 0.3 is 0 Å². The Labute approximate surface area is 206 Å². The first-order valence-corrected chi connectivity index (χ1v) is 12.9. The van der Waals surface area contributed by atoms with Crippen molar-refractivity contribution in [3.8, 4) is 11.3 Å². The van der Waals surface area contributed by atoms with E-state index in [1.165, 1.54) is 28.3 Å². The predicted molar refractivity (Wildman–Crippen MR) is 136 cm³/mol. The van der Waals surface area contributed by atoms with Crippen LogP contribution in [0.2, 0.25) is 0 Å². The molecule has 1 saturated heterocycles. The summed E-state index contributed by atoms with van der Waals surface area (Å²) in [6.45, 7) is 5.86. The fraction of sp³-hybridized carbons (Fsp3) is 0.375. The third kappa shape index (κ3) is 5.87. The summed E-state index contributed by atoms with van der Waals surface area (Å²) in [5, 5.41) is 6.76. The molecule has 1 N–H and O–H groups in total. The van der Waals surface area contributed by atoms with Crippen LogP contribution in [-0.4, -0.2) is 84.6 Å². The molecule has 2 aromatic heterocycles. The molecular weight excluding hydrogens is 466 g/mol. The molecule has 186 valence electrons. The number of hydrogen-bond donors (Lipinski definition) is 1. The molecule has 0 unspecified atom stereocenters. The van der Waals surface area contributed by atoms with E-state index in [1.807, 2.05) is 30.3 Å². The molecule has 1 aliphatic rings. The van der Waals surface area contributed by atoms with Crippen molar-refractivity contribution in [2.45, 2.75) is 11.8 Å². The Morgan fingerprint density at radius 3 is 2.46 bits per heavy atom. The zero-order valence-electron chi connectivity index (χ0n) is 20.3. The molecule has 1 aromatic carbocycles. The normalized spacial score (nSPS) is 14.9. The summed E-state index contributed by atoms with van der Waals surface area (Å²) in [5.41, 5.74) is 3.70. The summed E-state index contributed by atoms with van der Waals surface area (Å²) in [7, 11) is -0.227. The highest BCUT2D eigenvalue weighted by Gasteiger charge is 2.25. The molecule has 1 aliphatic heterocycles. The first kappa shape index (κ1) is 24.8. The smallest absolute Gasteiger partial charge is 0.245 e. The highest BCUT2D eigenvalue weighted by molar-refractivity contribution is 7.89. The molecule has 1 amide bonds. The number of rotatable bonds is 8. The summed E-state index contributed by atoms with van der Waals surface area (Å²) in [6.07, 6.45) is 4.68. The molecular formula is C24H31N7O3S. The van der Waals surface area contributed by atoms with Crippen LogP contribution >= 0.6 is 0 Å². The van der Waals surface area contributed by atoms with Gasteiger partial charge in [0, 0.05) is 83.9 Å². The lowest BCUT2D eigenvalue weighted by Crippen LogP contribution is -2.48. The molecule has 10 nitrogen and oxygen atoms in total. The lowest BCUT2D eigenvalue weighted by Gasteiger charge is -2.37. The third-order valence-corrected chi connectivity index (χ3v) is 7.91. The predicted octanol–water partition coefficient (Wildman–Crippen LogP) is 1.88. The van der Waals surface area contributed by atoms with Gasteiger partial charge in [-0.3, -0.25) is 19.4 Å². The Bertz CT molecular complexity index is 1270. The molecule has 0 spiro atoms. The van der Waals surface area contributed by atoms with E-state index in [2.05, 4.69) is 31.3 Å². The minimum atomic E-state index is -3.54. The molecule has 0 aliphatic carbocycles. The second-order valence-electron chi connectivity index (χ2n) is 8.63. The first-order valence-electron chi connectivity index (χ1n) is 11.5. The van der Waals surface area contributed by atoms with Crippen LogP contribution in [-0.2, 0) is 21.9 Å². The highest BCUT2D eigenvalue weighted by Crippen LogP contribution is 2.30. The van der Waals surface area contributed by atoms with Crippen LogP contribution in [0.5, 0.6) is 0 Å². The number of amides is 1. The minimum Gasteiger partial charge on any atom is -0.367 e. The van der Waals surface area contributed by atoms with E-state index >= 15 is 0 Å². The number of aromatic nitrogens is 3. The van der Waals surface area contributed by atoms with Crippen molar-refractivity contribution >= 4 is 27.3 Å². The van der Waals surface area contributed by atoms with E-state index in [9.17, 15) is 13.2 Å². The number of hydrogen-bond acceptors (Lipinski definition) is 7. The van der Waals surface area contributed by atoms with Crippen LogP contribution in [0, 0.1) is 0 Å². The van der Waals surface area contributed by atoms with Gasteiger partial charge in [-0.05, 0) is 24.3 Å². The van der Waals surface area contributed by atoms with Gasteiger partial charge in [0.1, 0.15) is 4.90 Å². The maximum atomic E-state index is 12.7. The summed E-state index contributed by atoms with van der Waals surface area (Å²) < 4.78 is 28.3. The van der Waals surface area contributed by atoms with Gasteiger partial charge < -0.3 is 10.2 Å². The highest BCUT2D eigenvalue weighted by atomic mass is 32.2. The molecule has 0 radical (unpaired) electrons. The standard InChI is InChI=1S/C24H31N7O3S/c1-19(32)27-21-8-6-20(7-9-21)24-23(5-4-10-25-24)31-15-13-30(14-16-31)12-11-29(3)35(33,34)22-17-26-28(2)18-22/h4-10,17-18H,11-16H2,1-3H3,(H,27,32). The fourth-order valence-corrected chi connectivity index (χ4v) is 5.26. The van der Waals surface area contributed by atoms with E-state index in [4.69, 9.17) is 0 Å². The number of anilines is 2. The van der Waals surface area contributed by atoms with Gasteiger partial charge in [0.25, 0.3) is 0 Å². The number of pyridine rings is 1. The van der Waals surface area contributed by atoms with Crippen molar-refractivity contribution in [2.75, 3.05) is 56.5 Å². The van der Waals surface area contributed by atoms with Crippen molar-refractivity contribution in [3.63, 3.8) is 0 Å². The zero-order chi connectivity index (χ0) is 25.0. The monoisotopic (exact) mass is 497 g/mol. The van der Waals surface area contributed by atoms with Crippen LogP contribution in [0.15, 0.2) is 59.9 Å². The number of carbonyl (C=O) groups excluding carboxylic acids is 1. The second-order valence-corrected chi connectivity index (χ2v) is 10.7. The van der Waals surface area contributed by atoms with Gasteiger partial charge in [0.15, 0.2) is 0 Å². The number of aryl methyl sites for hydroxylation is 1. The van der Waals surface area contributed by atoms with Crippen LogP contribution in [0.4, 0.5) is 11.4 Å². The topological polar surface area (TPSA) is 104 Å². The average molecular weight is 498 g/mol. The van der Waals surface area contributed by atoms with Crippen molar-refractivity contribution in [1.82, 2.24) is 24.0 Å². The molecule has 11 heteroatoms. The van der Waals surface area contributed by atoms with Crippen LogP contribution < -0.4 is 10.2 Å². The van der Waals surface area contributed by atoms with E-state index in [-0.39, 0.29) is 10.8 Å². The van der Waals surface area contributed by atoms with Gasteiger partial charge in [0.2, 0.25) is 15.9 Å². The molecule has 0 bridgehead atoms. The lowest BCUT2D eigenvalue weighted by atomic mass is 10.1. The Kier molecular flexibility index (Phi) is 7.48. The molecule has 4 rings (SSSR count). The zero-order valence-corrected chi connectivity index (χ0v) is 21.1. The summed E-state index contributed by atoms with van der Waals surface area (Å²) in [6, 6.07) is 11.7. The van der Waals surface area contributed by atoms with Gasteiger partial charge in [-0.15, -0.1) is 0 Å². The number of carbonyl (C=O) groups is 1. The maximum Gasteiger partial charge on any atom is 0.245 e. The number of sulfonamides is 1. The van der Waals surface area contributed by atoms with Crippen molar-refractivity contribution in [1.29, 1.82) is 0 Å². The second kappa shape index (κ2) is 10.5. The Morgan fingerprint density at radius 1 is 1.11 bits per heavy atom. The Hall–Kier alpha value is -3.28. The summed E-state index contributed by atoms with van der Waals surface area (Å²) in [4.78, 5) is 20.7. The number of nitrogens with zero attached hydrogens (tertiary/aromatic N) is 6. The van der Waals surface area contributed by atoms with Crippen molar-refractivity contribution in [2.24, 2.45) is 7.05 Å². The third-order valence-electron chi connectivity index (χ3n) is 6.10. The van der Waals surface area contributed by atoms with Crippen molar-refractivity contribution < 1.29 is 13.2 Å².